The lowest BCUT2D eigenvalue weighted by molar-refractivity contribution is -0.384. The van der Waals surface area contributed by atoms with Crippen LogP contribution in [-0.2, 0) is 0 Å². The molecule has 0 aromatic heterocycles. The highest BCUT2D eigenvalue weighted by atomic mass is 79.9. The van der Waals surface area contributed by atoms with Crippen LogP contribution in [0.2, 0.25) is 0 Å². The number of hydrogen-bond donors (Lipinski definition) is 1. The van der Waals surface area contributed by atoms with Crippen LogP contribution in [0, 0.1) is 21.8 Å². The summed E-state index contributed by atoms with van der Waals surface area (Å²) in [5, 5.41) is 11.2. The molecule has 0 amide bonds. The Hall–Kier alpha value is -1.21. The summed E-state index contributed by atoms with van der Waals surface area (Å²) in [7, 11) is 0. The molecule has 1 aliphatic heterocycles. The van der Waals surface area contributed by atoms with Gasteiger partial charge < -0.3 is 10.6 Å². The fraction of sp³-hybridized carbons (Fsp3) is 0.538. The van der Waals surface area contributed by atoms with Crippen molar-refractivity contribution < 1.29 is 9.31 Å². The summed E-state index contributed by atoms with van der Waals surface area (Å²) in [5.74, 6) is -0.219. The second-order valence-electron chi connectivity index (χ2n) is 5.08. The monoisotopic (exact) mass is 345 g/mol. The van der Waals surface area contributed by atoms with Crippen LogP contribution in [0.15, 0.2) is 16.6 Å². The highest BCUT2D eigenvalue weighted by Crippen LogP contribution is 2.35. The van der Waals surface area contributed by atoms with Gasteiger partial charge in [0.25, 0.3) is 5.69 Å². The third-order valence-corrected chi connectivity index (χ3v) is 4.48. The molecule has 0 saturated carbocycles. The van der Waals surface area contributed by atoms with E-state index >= 15 is 0 Å². The molecule has 2 unspecified atom stereocenters. The van der Waals surface area contributed by atoms with Crippen molar-refractivity contribution in [3.63, 3.8) is 0 Å². The number of nitro benzene ring substituents is 1. The van der Waals surface area contributed by atoms with Crippen molar-refractivity contribution in [3.05, 3.63) is 32.5 Å². The molecule has 0 bridgehead atoms. The number of benzene rings is 1. The van der Waals surface area contributed by atoms with Gasteiger partial charge in [-0.1, -0.05) is 13.3 Å². The van der Waals surface area contributed by atoms with Crippen LogP contribution in [0.25, 0.3) is 0 Å². The van der Waals surface area contributed by atoms with Crippen molar-refractivity contribution in [1.29, 1.82) is 0 Å². The molecule has 2 atom stereocenters. The highest BCUT2D eigenvalue weighted by molar-refractivity contribution is 9.10. The van der Waals surface area contributed by atoms with E-state index in [-0.39, 0.29) is 22.1 Å². The van der Waals surface area contributed by atoms with Gasteiger partial charge in [-0.05, 0) is 28.3 Å². The first-order valence-electron chi connectivity index (χ1n) is 6.58. The second kappa shape index (κ2) is 6.05. The summed E-state index contributed by atoms with van der Waals surface area (Å²) < 4.78 is 13.8. The topological polar surface area (TPSA) is 72.4 Å². The summed E-state index contributed by atoms with van der Waals surface area (Å²) in [5.41, 5.74) is 6.29. The Morgan fingerprint density at radius 2 is 2.30 bits per heavy atom. The molecule has 1 heterocycles. The van der Waals surface area contributed by atoms with Crippen LogP contribution in [0.5, 0.6) is 0 Å². The number of nitrogens with zero attached hydrogens (tertiary/aromatic N) is 2. The van der Waals surface area contributed by atoms with E-state index in [2.05, 4.69) is 15.9 Å². The molecule has 1 fully saturated rings. The molecule has 110 valence electrons. The van der Waals surface area contributed by atoms with Crippen LogP contribution >= 0.6 is 15.9 Å². The van der Waals surface area contributed by atoms with Gasteiger partial charge >= 0.3 is 0 Å². The number of anilines is 1. The van der Waals surface area contributed by atoms with E-state index in [1.807, 2.05) is 11.8 Å². The molecule has 1 aromatic rings. The van der Waals surface area contributed by atoms with E-state index in [0.717, 1.165) is 12.8 Å². The Morgan fingerprint density at radius 1 is 1.60 bits per heavy atom. The fourth-order valence-corrected chi connectivity index (χ4v) is 2.96. The van der Waals surface area contributed by atoms with E-state index in [9.17, 15) is 14.5 Å². The Labute approximate surface area is 125 Å². The van der Waals surface area contributed by atoms with Crippen molar-refractivity contribution in [1.82, 2.24) is 0 Å². The molecule has 0 radical (unpaired) electrons. The summed E-state index contributed by atoms with van der Waals surface area (Å²) >= 11 is 2.99. The molecule has 1 aliphatic rings. The van der Waals surface area contributed by atoms with Crippen LogP contribution in [0.3, 0.4) is 0 Å². The van der Waals surface area contributed by atoms with Crippen molar-refractivity contribution in [3.8, 4) is 0 Å². The maximum absolute atomic E-state index is 13.7. The van der Waals surface area contributed by atoms with E-state index in [1.54, 1.807) is 0 Å². The van der Waals surface area contributed by atoms with E-state index in [4.69, 9.17) is 5.73 Å². The minimum absolute atomic E-state index is 0.0800. The zero-order valence-electron chi connectivity index (χ0n) is 11.2. The van der Waals surface area contributed by atoms with Gasteiger partial charge in [0.05, 0.1) is 9.40 Å². The maximum atomic E-state index is 13.7. The van der Waals surface area contributed by atoms with Gasteiger partial charge in [0, 0.05) is 31.3 Å². The van der Waals surface area contributed by atoms with Gasteiger partial charge in [0.15, 0.2) is 0 Å². The van der Waals surface area contributed by atoms with E-state index in [1.165, 1.54) is 12.1 Å². The van der Waals surface area contributed by atoms with Crippen LogP contribution in [0.4, 0.5) is 15.8 Å². The molecule has 0 spiro atoms. The Bertz CT molecular complexity index is 527. The maximum Gasteiger partial charge on any atom is 0.293 e. The molecular weight excluding hydrogens is 329 g/mol. The van der Waals surface area contributed by atoms with E-state index < -0.39 is 10.7 Å². The lowest BCUT2D eigenvalue weighted by atomic mass is 9.90. The predicted molar refractivity (Wildman–Crippen MR) is 79.3 cm³/mol. The molecule has 1 saturated heterocycles. The third kappa shape index (κ3) is 2.93. The molecule has 7 heteroatoms. The number of nitro groups is 1. The highest BCUT2D eigenvalue weighted by Gasteiger charge is 2.30. The molecule has 20 heavy (non-hydrogen) atoms. The quantitative estimate of drug-likeness (QED) is 0.674. The number of piperidine rings is 1. The van der Waals surface area contributed by atoms with Crippen molar-refractivity contribution in [2.24, 2.45) is 11.7 Å². The van der Waals surface area contributed by atoms with Gasteiger partial charge in [0.2, 0.25) is 0 Å². The molecule has 1 aromatic carbocycles. The first-order valence-corrected chi connectivity index (χ1v) is 7.37. The van der Waals surface area contributed by atoms with Crippen molar-refractivity contribution in [2.75, 3.05) is 18.0 Å². The Morgan fingerprint density at radius 3 is 2.90 bits per heavy atom. The number of rotatable bonds is 3. The first kappa shape index (κ1) is 15.2. The van der Waals surface area contributed by atoms with Gasteiger partial charge in [-0.2, -0.15) is 0 Å². The lowest BCUT2D eigenvalue weighted by Crippen LogP contribution is -2.47. The van der Waals surface area contributed by atoms with Crippen molar-refractivity contribution in [2.45, 2.75) is 25.8 Å². The third-order valence-electron chi connectivity index (χ3n) is 3.87. The first-order chi connectivity index (χ1) is 9.43. The SMILES string of the molecule is CCC1CN(c2cc(F)c(Br)cc2[N+](=O)[O-])CCC1N. The average molecular weight is 346 g/mol. The largest absolute Gasteiger partial charge is 0.366 e. The van der Waals surface area contributed by atoms with E-state index in [0.29, 0.717) is 18.8 Å². The van der Waals surface area contributed by atoms with Crippen LogP contribution < -0.4 is 10.6 Å². The van der Waals surface area contributed by atoms with Gasteiger partial charge in [-0.3, -0.25) is 10.1 Å². The summed E-state index contributed by atoms with van der Waals surface area (Å²) in [6.45, 7) is 3.28. The standard InChI is InChI=1S/C13H17BrFN3O2/c1-2-8-7-17(4-3-11(8)16)12-6-10(15)9(14)5-13(12)18(19)20/h5-6,8,11H,2-4,7,16H2,1H3. The van der Waals surface area contributed by atoms with Gasteiger partial charge in [-0.25, -0.2) is 4.39 Å². The summed E-state index contributed by atoms with van der Waals surface area (Å²) in [4.78, 5) is 12.5. The zero-order chi connectivity index (χ0) is 14.9. The second-order valence-corrected chi connectivity index (χ2v) is 5.93. The number of halogens is 2. The fourth-order valence-electron chi connectivity index (χ4n) is 2.63. The normalized spacial score (nSPS) is 22.9. The summed E-state index contributed by atoms with van der Waals surface area (Å²) in [6, 6.07) is 2.56. The Kier molecular flexibility index (Phi) is 4.59. The predicted octanol–water partition coefficient (Wildman–Crippen LogP) is 3.06. The Balaban J connectivity index is 2.36. The average Bonchev–Trinajstić information content (AvgIpc) is 2.41. The zero-order valence-corrected chi connectivity index (χ0v) is 12.8. The lowest BCUT2D eigenvalue weighted by Gasteiger charge is -2.37. The molecule has 5 nitrogen and oxygen atoms in total. The van der Waals surface area contributed by atoms with Crippen LogP contribution in [-0.4, -0.2) is 24.1 Å². The van der Waals surface area contributed by atoms with Crippen LogP contribution in [0.1, 0.15) is 19.8 Å². The minimum atomic E-state index is -0.492. The number of nitrogens with two attached hydrogens (primary N) is 1. The minimum Gasteiger partial charge on any atom is -0.366 e. The van der Waals surface area contributed by atoms with Gasteiger partial charge in [-0.15, -0.1) is 0 Å². The van der Waals surface area contributed by atoms with Gasteiger partial charge in [0.1, 0.15) is 11.5 Å². The molecule has 0 aliphatic carbocycles. The molecule has 2 N–H and O–H groups in total. The van der Waals surface area contributed by atoms with Crippen molar-refractivity contribution >= 4 is 27.3 Å². The number of hydrogen-bond acceptors (Lipinski definition) is 4. The molecular formula is C13H17BrFN3O2. The molecule has 2 rings (SSSR count). The summed E-state index contributed by atoms with van der Waals surface area (Å²) in [6.07, 6.45) is 1.66. The smallest absolute Gasteiger partial charge is 0.293 e.